The van der Waals surface area contributed by atoms with Gasteiger partial charge in [-0.3, -0.25) is 4.90 Å². The Kier molecular flexibility index (Phi) is 4.83. The minimum Gasteiger partial charge on any atom is -0.505 e. The highest BCUT2D eigenvalue weighted by atomic mass is 16.3. The molecule has 0 amide bonds. The molecule has 0 bridgehead atoms. The molecule has 1 aliphatic rings. The number of benzene rings is 4. The highest BCUT2D eigenvalue weighted by molar-refractivity contribution is 5.99. The minimum atomic E-state index is 0.0794. The first-order valence-corrected chi connectivity index (χ1v) is 12.5. The second kappa shape index (κ2) is 8.75. The summed E-state index contributed by atoms with van der Waals surface area (Å²) in [5, 5.41) is 11.9. The number of phenolic OH excluding ortho intramolecular Hbond substituents is 1. The van der Waals surface area contributed by atoms with E-state index in [0.717, 1.165) is 39.7 Å². The summed E-state index contributed by atoms with van der Waals surface area (Å²) in [4.78, 5) is 13.9. The van der Waals surface area contributed by atoms with Crippen LogP contribution in [-0.2, 0) is 0 Å². The highest BCUT2D eigenvalue weighted by Gasteiger charge is 2.28. The average Bonchev–Trinajstić information content (AvgIpc) is 2.99. The van der Waals surface area contributed by atoms with Gasteiger partial charge < -0.3 is 10.0 Å². The average molecular weight is 494 g/mol. The summed E-state index contributed by atoms with van der Waals surface area (Å²) in [5.74, 6) is 0.905. The maximum absolute atomic E-state index is 11.3. The fourth-order valence-corrected chi connectivity index (χ4v) is 5.18. The third-order valence-corrected chi connectivity index (χ3v) is 7.07. The van der Waals surface area contributed by atoms with E-state index in [1.165, 1.54) is 0 Å². The molecule has 3 heterocycles. The Labute approximate surface area is 222 Å². The van der Waals surface area contributed by atoms with Crippen molar-refractivity contribution in [1.82, 2.24) is 9.97 Å². The summed E-state index contributed by atoms with van der Waals surface area (Å²) in [6.45, 7) is 0. The summed E-state index contributed by atoms with van der Waals surface area (Å²) < 4.78 is 8.59. The fourth-order valence-electron chi connectivity index (χ4n) is 5.18. The Hall–Kier alpha value is -5.16. The Balaban J connectivity index is 1.41. The van der Waals surface area contributed by atoms with Crippen LogP contribution in [0.2, 0.25) is 0 Å². The number of hydrogen-bond donors (Lipinski definition) is 1. The quantitative estimate of drug-likeness (QED) is 0.269. The molecule has 0 atom stereocenters. The highest BCUT2D eigenvalue weighted by Crippen LogP contribution is 2.51. The van der Waals surface area contributed by atoms with Gasteiger partial charge >= 0.3 is 0 Å². The van der Waals surface area contributed by atoms with Crippen LogP contribution in [0.25, 0.3) is 33.3 Å². The Morgan fingerprint density at radius 3 is 2.29 bits per heavy atom. The Morgan fingerprint density at radius 1 is 0.711 bits per heavy atom. The molecule has 4 aromatic carbocycles. The van der Waals surface area contributed by atoms with Crippen LogP contribution in [0.4, 0.5) is 28.6 Å². The number of hydrogen-bond acceptors (Lipinski definition) is 5. The second-order valence-electron chi connectivity index (χ2n) is 9.28. The largest absolute Gasteiger partial charge is 0.505 e. The summed E-state index contributed by atoms with van der Waals surface area (Å²) in [7, 11) is 2.07. The first kappa shape index (κ1) is 21.0. The van der Waals surface area contributed by atoms with Gasteiger partial charge in [0.15, 0.2) is 0 Å². The molecule has 38 heavy (non-hydrogen) atoms. The van der Waals surface area contributed by atoms with Crippen LogP contribution < -0.4 is 9.80 Å². The normalized spacial score (nSPS) is 12.7. The van der Waals surface area contributed by atoms with Crippen molar-refractivity contribution in [2.45, 2.75) is 0 Å². The Morgan fingerprint density at radius 2 is 1.47 bits per heavy atom. The van der Waals surface area contributed by atoms with Crippen LogP contribution in [0, 0.1) is 0 Å². The fraction of sp³-hybridized carbons (Fsp3) is 0.0303. The molecular formula is C33H24N4O. The van der Waals surface area contributed by atoms with Gasteiger partial charge in [-0.15, -0.1) is 0 Å². The number of anilines is 5. The lowest BCUT2D eigenvalue weighted by molar-refractivity contribution is 0.482. The molecule has 6 aromatic rings. The molecule has 7 rings (SSSR count). The van der Waals surface area contributed by atoms with Gasteiger partial charge in [0.25, 0.3) is 0 Å². The number of para-hydroxylation sites is 2. The monoisotopic (exact) mass is 493 g/mol. The van der Waals surface area contributed by atoms with Gasteiger partial charge in [0, 0.05) is 29.8 Å². The number of aromatic hydroxyl groups is 1. The van der Waals surface area contributed by atoms with E-state index in [-0.39, 0.29) is 5.75 Å². The number of rotatable bonds is 3. The van der Waals surface area contributed by atoms with E-state index >= 15 is 0 Å². The van der Waals surface area contributed by atoms with Crippen molar-refractivity contribution in [3.8, 4) is 28.1 Å². The van der Waals surface area contributed by atoms with Gasteiger partial charge in [0.2, 0.25) is 0 Å². The van der Waals surface area contributed by atoms with Crippen LogP contribution in [0.5, 0.6) is 5.75 Å². The van der Waals surface area contributed by atoms with E-state index < -0.39 is 0 Å². The summed E-state index contributed by atoms with van der Waals surface area (Å²) in [5.41, 5.74) is 7.65. The van der Waals surface area contributed by atoms with Gasteiger partial charge in [-0.25, -0.2) is 9.97 Å². The molecule has 1 N–H and O–H groups in total. The lowest BCUT2D eigenvalue weighted by Gasteiger charge is -2.38. The number of fused-ring (bicyclic) bond motifs is 3. The lowest BCUT2D eigenvalue weighted by atomic mass is 10.0. The summed E-state index contributed by atoms with van der Waals surface area (Å²) in [6, 6.07) is 35.9. The van der Waals surface area contributed by atoms with Crippen molar-refractivity contribution in [2.75, 3.05) is 16.8 Å². The molecule has 0 saturated heterocycles. The minimum absolute atomic E-state index is 0.0794. The zero-order valence-corrected chi connectivity index (χ0v) is 20.7. The number of phenols is 1. The molecule has 2 aromatic heterocycles. The van der Waals surface area contributed by atoms with Gasteiger partial charge in [-0.1, -0.05) is 66.7 Å². The molecule has 182 valence electrons. The molecule has 0 saturated carbocycles. The topological polar surface area (TPSA) is 52.5 Å². The molecular weight excluding hydrogens is 468 g/mol. The van der Waals surface area contributed by atoms with Crippen molar-refractivity contribution >= 4 is 39.5 Å². The molecule has 0 unspecified atom stereocenters. The standard InChI is InChI=1S/C33H24N4O/c1-36-27-11-5-6-12-29(27)37(31-13-7-8-20-34-31)30-21-24(16-19-28(30)36)26-18-15-23-14-17-25(33(38)32(23)35-26)22-9-3-2-4-10-22/h2-21,38H,1H3/i14D. The smallest absolute Gasteiger partial charge is 0.149 e. The molecule has 5 heteroatoms. The number of aromatic nitrogens is 2. The Bertz CT molecular complexity index is 1860. The molecule has 0 spiro atoms. The maximum atomic E-state index is 11.3. The van der Waals surface area contributed by atoms with Crippen molar-refractivity contribution in [3.63, 3.8) is 0 Å². The molecule has 1 aliphatic heterocycles. The number of pyridine rings is 2. The van der Waals surface area contributed by atoms with Crippen molar-refractivity contribution in [1.29, 1.82) is 0 Å². The van der Waals surface area contributed by atoms with E-state index in [9.17, 15) is 5.11 Å². The molecule has 5 nitrogen and oxygen atoms in total. The predicted molar refractivity (Wildman–Crippen MR) is 155 cm³/mol. The molecule has 0 radical (unpaired) electrons. The summed E-state index contributed by atoms with van der Waals surface area (Å²) >= 11 is 0. The van der Waals surface area contributed by atoms with Crippen molar-refractivity contribution in [2.24, 2.45) is 0 Å². The van der Waals surface area contributed by atoms with E-state index in [1.54, 1.807) is 12.3 Å². The first-order chi connectivity index (χ1) is 19.1. The third kappa shape index (κ3) is 3.48. The second-order valence-corrected chi connectivity index (χ2v) is 9.28. The van der Waals surface area contributed by atoms with Crippen LogP contribution in [-0.4, -0.2) is 22.1 Å². The van der Waals surface area contributed by atoms with E-state index in [0.29, 0.717) is 28.2 Å². The van der Waals surface area contributed by atoms with Gasteiger partial charge in [0.05, 0.1) is 29.8 Å². The van der Waals surface area contributed by atoms with Crippen LogP contribution in [0.1, 0.15) is 1.37 Å². The van der Waals surface area contributed by atoms with E-state index in [1.807, 2.05) is 78.9 Å². The van der Waals surface area contributed by atoms with Crippen LogP contribution >= 0.6 is 0 Å². The van der Waals surface area contributed by atoms with Gasteiger partial charge in [-0.2, -0.15) is 0 Å². The van der Waals surface area contributed by atoms with Gasteiger partial charge in [-0.05, 0) is 54.1 Å². The molecule has 0 fully saturated rings. The van der Waals surface area contributed by atoms with E-state index in [2.05, 4.69) is 46.1 Å². The number of nitrogens with zero attached hydrogens (tertiary/aromatic N) is 4. The van der Waals surface area contributed by atoms with Crippen LogP contribution in [0.3, 0.4) is 0 Å². The van der Waals surface area contributed by atoms with Crippen molar-refractivity contribution in [3.05, 3.63) is 121 Å². The first-order valence-electron chi connectivity index (χ1n) is 13.0. The van der Waals surface area contributed by atoms with Crippen LogP contribution in [0.15, 0.2) is 121 Å². The zero-order chi connectivity index (χ0) is 26.5. The SMILES string of the molecule is [2H]c1cc(-c2ccccc2)c(O)c2nc(-c3ccc4c(c3)N(c3ccccn3)c3ccccc3N4C)ccc12. The van der Waals surface area contributed by atoms with Gasteiger partial charge in [0.1, 0.15) is 17.1 Å². The zero-order valence-electron chi connectivity index (χ0n) is 21.7. The van der Waals surface area contributed by atoms with Crippen molar-refractivity contribution < 1.29 is 6.48 Å². The maximum Gasteiger partial charge on any atom is 0.149 e. The predicted octanol–water partition coefficient (Wildman–Crippen LogP) is 8.22. The lowest BCUT2D eigenvalue weighted by Crippen LogP contribution is -2.24. The summed E-state index contributed by atoms with van der Waals surface area (Å²) in [6.07, 6.45) is 1.80. The third-order valence-electron chi connectivity index (χ3n) is 7.07. The molecule has 0 aliphatic carbocycles. The van der Waals surface area contributed by atoms with E-state index in [4.69, 9.17) is 6.35 Å².